The molecule has 0 saturated carbocycles. The number of carbonyl (C=O) groups excluding carboxylic acids is 2. The molecule has 0 aromatic carbocycles. The van der Waals surface area contributed by atoms with Crippen LogP contribution in [0.2, 0.25) is 0 Å². The van der Waals surface area contributed by atoms with E-state index in [0.29, 0.717) is 17.1 Å². The van der Waals surface area contributed by atoms with Crippen molar-refractivity contribution in [3.63, 3.8) is 0 Å². The van der Waals surface area contributed by atoms with Crippen molar-refractivity contribution in [2.24, 2.45) is 0 Å². The molecule has 26 heavy (non-hydrogen) atoms. The van der Waals surface area contributed by atoms with E-state index in [1.165, 1.54) is 11.3 Å². The number of hydrogen-bond acceptors (Lipinski definition) is 7. The number of amides is 1. The number of hydrogen-bond donors (Lipinski definition) is 2. The Kier molecular flexibility index (Phi) is 7.56. The van der Waals surface area contributed by atoms with Gasteiger partial charge in [0.2, 0.25) is 15.9 Å². The first-order valence-corrected chi connectivity index (χ1v) is 11.3. The summed E-state index contributed by atoms with van der Waals surface area (Å²) >= 11 is 1.27. The van der Waals surface area contributed by atoms with E-state index < -0.39 is 16.0 Å². The van der Waals surface area contributed by atoms with Gasteiger partial charge in [-0.05, 0) is 37.8 Å². The van der Waals surface area contributed by atoms with Crippen LogP contribution in [0.3, 0.4) is 0 Å². The second-order valence-corrected chi connectivity index (χ2v) is 8.92. The topological polar surface area (TPSA) is 105 Å². The zero-order valence-corrected chi connectivity index (χ0v) is 16.6. The molecule has 146 valence electrons. The van der Waals surface area contributed by atoms with Gasteiger partial charge in [-0.3, -0.25) is 9.69 Å². The Morgan fingerprint density at radius 1 is 1.38 bits per heavy atom. The van der Waals surface area contributed by atoms with Crippen LogP contribution in [0.15, 0.2) is 11.4 Å². The minimum atomic E-state index is -3.26. The number of ether oxygens (including phenoxy) is 1. The molecule has 2 rings (SSSR count). The third-order valence-corrected chi connectivity index (χ3v) is 5.61. The lowest BCUT2D eigenvalue weighted by Gasteiger charge is -2.35. The molecule has 0 spiro atoms. The molecule has 1 unspecified atom stereocenters. The SMILES string of the molecule is CCOC(=O)c1ccsc1NC(=O)CN1CCCCC1CNS(C)(=O)=O. The molecule has 1 aromatic heterocycles. The van der Waals surface area contributed by atoms with Gasteiger partial charge in [0.1, 0.15) is 5.00 Å². The highest BCUT2D eigenvalue weighted by molar-refractivity contribution is 7.88. The van der Waals surface area contributed by atoms with Gasteiger partial charge >= 0.3 is 5.97 Å². The van der Waals surface area contributed by atoms with E-state index in [9.17, 15) is 18.0 Å². The van der Waals surface area contributed by atoms with Gasteiger partial charge < -0.3 is 10.1 Å². The van der Waals surface area contributed by atoms with Crippen LogP contribution in [0, 0.1) is 0 Å². The lowest BCUT2D eigenvalue weighted by atomic mass is 10.0. The van der Waals surface area contributed by atoms with E-state index in [-0.39, 0.29) is 25.1 Å². The maximum absolute atomic E-state index is 12.4. The molecular formula is C16H25N3O5S2. The average Bonchev–Trinajstić information content (AvgIpc) is 3.01. The fraction of sp³-hybridized carbons (Fsp3) is 0.625. The number of likely N-dealkylation sites (tertiary alicyclic amines) is 1. The summed E-state index contributed by atoms with van der Waals surface area (Å²) in [4.78, 5) is 26.3. The molecule has 2 heterocycles. The highest BCUT2D eigenvalue weighted by Crippen LogP contribution is 2.24. The molecule has 1 saturated heterocycles. The number of rotatable bonds is 8. The predicted molar refractivity (Wildman–Crippen MR) is 101 cm³/mol. The Hall–Kier alpha value is -1.49. The molecule has 1 amide bonds. The van der Waals surface area contributed by atoms with Gasteiger partial charge in [-0.1, -0.05) is 6.42 Å². The van der Waals surface area contributed by atoms with Crippen LogP contribution >= 0.6 is 11.3 Å². The standard InChI is InChI=1S/C16H25N3O5S2/c1-3-24-16(21)13-7-9-25-15(13)18-14(20)11-19-8-5-4-6-12(19)10-17-26(2,22)23/h7,9,12,17H,3-6,8,10-11H2,1-2H3,(H,18,20). The second-order valence-electron chi connectivity index (χ2n) is 6.17. The van der Waals surface area contributed by atoms with Crippen molar-refractivity contribution < 1.29 is 22.7 Å². The summed E-state index contributed by atoms with van der Waals surface area (Å²) in [5.74, 6) is -0.693. The summed E-state index contributed by atoms with van der Waals surface area (Å²) in [5, 5.41) is 4.96. The summed E-state index contributed by atoms with van der Waals surface area (Å²) in [6.07, 6.45) is 3.94. The van der Waals surface area contributed by atoms with Gasteiger partial charge in [-0.2, -0.15) is 0 Å². The van der Waals surface area contributed by atoms with Crippen LogP contribution in [0.5, 0.6) is 0 Å². The van der Waals surface area contributed by atoms with Crippen molar-refractivity contribution in [3.8, 4) is 0 Å². The first kappa shape index (κ1) is 20.8. The number of nitrogens with one attached hydrogen (secondary N) is 2. The third kappa shape index (κ3) is 6.35. The fourth-order valence-electron chi connectivity index (χ4n) is 2.87. The second kappa shape index (κ2) is 9.45. The van der Waals surface area contributed by atoms with Gasteiger partial charge in [-0.15, -0.1) is 11.3 Å². The van der Waals surface area contributed by atoms with E-state index >= 15 is 0 Å². The number of piperidine rings is 1. The van der Waals surface area contributed by atoms with Crippen molar-refractivity contribution in [1.29, 1.82) is 0 Å². The van der Waals surface area contributed by atoms with Gasteiger partial charge in [-0.25, -0.2) is 17.9 Å². The zero-order chi connectivity index (χ0) is 19.2. The predicted octanol–water partition coefficient (Wildman–Crippen LogP) is 1.27. The van der Waals surface area contributed by atoms with Gasteiger partial charge in [0.15, 0.2) is 0 Å². The smallest absolute Gasteiger partial charge is 0.341 e. The van der Waals surface area contributed by atoms with E-state index in [1.807, 2.05) is 4.90 Å². The Morgan fingerprint density at radius 3 is 2.85 bits per heavy atom. The molecule has 10 heteroatoms. The van der Waals surface area contributed by atoms with Crippen molar-refractivity contribution in [2.75, 3.05) is 37.8 Å². The maximum atomic E-state index is 12.4. The Labute approximate surface area is 158 Å². The lowest BCUT2D eigenvalue weighted by molar-refractivity contribution is -0.118. The van der Waals surface area contributed by atoms with Crippen molar-refractivity contribution >= 4 is 38.2 Å². The molecule has 1 fully saturated rings. The van der Waals surface area contributed by atoms with Crippen LogP contribution in [0.25, 0.3) is 0 Å². The van der Waals surface area contributed by atoms with Crippen molar-refractivity contribution in [1.82, 2.24) is 9.62 Å². The Bertz CT molecular complexity index is 732. The summed E-state index contributed by atoms with van der Waals surface area (Å²) in [6, 6.07) is 1.61. The molecule has 0 radical (unpaired) electrons. The molecule has 1 aliphatic heterocycles. The molecule has 1 aliphatic rings. The molecule has 1 atom stereocenters. The van der Waals surface area contributed by atoms with Crippen LogP contribution in [0.4, 0.5) is 5.00 Å². The monoisotopic (exact) mass is 403 g/mol. The van der Waals surface area contributed by atoms with Crippen LogP contribution in [0.1, 0.15) is 36.5 Å². The molecule has 0 aliphatic carbocycles. The van der Waals surface area contributed by atoms with Crippen LogP contribution in [-0.2, 0) is 19.6 Å². The number of anilines is 1. The minimum Gasteiger partial charge on any atom is -0.462 e. The van der Waals surface area contributed by atoms with Gasteiger partial charge in [0.05, 0.1) is 25.0 Å². The summed E-state index contributed by atoms with van der Waals surface area (Å²) < 4.78 is 30.1. The molecule has 0 bridgehead atoms. The third-order valence-electron chi connectivity index (χ3n) is 4.09. The highest BCUT2D eigenvalue weighted by atomic mass is 32.2. The van der Waals surface area contributed by atoms with E-state index in [4.69, 9.17) is 4.74 Å². The lowest BCUT2D eigenvalue weighted by Crippen LogP contribution is -2.49. The number of thiophene rings is 1. The summed E-state index contributed by atoms with van der Waals surface area (Å²) in [6.45, 7) is 3.17. The van der Waals surface area contributed by atoms with E-state index in [0.717, 1.165) is 32.1 Å². The van der Waals surface area contributed by atoms with Crippen molar-refractivity contribution in [3.05, 3.63) is 17.0 Å². The summed E-state index contributed by atoms with van der Waals surface area (Å²) in [7, 11) is -3.26. The maximum Gasteiger partial charge on any atom is 0.341 e. The van der Waals surface area contributed by atoms with Crippen LogP contribution < -0.4 is 10.0 Å². The number of sulfonamides is 1. The highest BCUT2D eigenvalue weighted by Gasteiger charge is 2.25. The quantitative estimate of drug-likeness (QED) is 0.634. The Balaban J connectivity index is 1.95. The average molecular weight is 404 g/mol. The normalized spacial score (nSPS) is 18.5. The number of esters is 1. The first-order valence-electron chi connectivity index (χ1n) is 8.53. The summed E-state index contributed by atoms with van der Waals surface area (Å²) in [5.41, 5.74) is 0.346. The van der Waals surface area contributed by atoms with Gasteiger partial charge in [0.25, 0.3) is 0 Å². The molecule has 1 aromatic rings. The largest absolute Gasteiger partial charge is 0.462 e. The van der Waals surface area contributed by atoms with Gasteiger partial charge in [0, 0.05) is 12.6 Å². The minimum absolute atomic E-state index is 0.0166. The zero-order valence-electron chi connectivity index (χ0n) is 15.0. The number of nitrogens with zero attached hydrogens (tertiary/aromatic N) is 1. The molecular weight excluding hydrogens is 378 g/mol. The molecule has 8 nitrogen and oxygen atoms in total. The van der Waals surface area contributed by atoms with E-state index in [2.05, 4.69) is 10.0 Å². The van der Waals surface area contributed by atoms with Crippen molar-refractivity contribution in [2.45, 2.75) is 32.2 Å². The fourth-order valence-corrected chi connectivity index (χ4v) is 4.16. The Morgan fingerprint density at radius 2 is 2.15 bits per heavy atom. The first-order chi connectivity index (χ1) is 12.3. The van der Waals surface area contributed by atoms with Crippen LogP contribution in [-0.4, -0.2) is 63.7 Å². The van der Waals surface area contributed by atoms with E-state index in [1.54, 1.807) is 18.4 Å². The molecule has 2 N–H and O–H groups in total. The number of carbonyl (C=O) groups is 2.